The molecule has 0 spiro atoms. The molecule has 0 saturated heterocycles. The van der Waals surface area contributed by atoms with Gasteiger partial charge in [0.25, 0.3) is 0 Å². The van der Waals surface area contributed by atoms with Gasteiger partial charge in [-0.1, -0.05) is 6.07 Å². The number of benzene rings is 1. The first kappa shape index (κ1) is 16.0. The lowest BCUT2D eigenvalue weighted by atomic mass is 9.91. The van der Waals surface area contributed by atoms with E-state index in [1.807, 2.05) is 0 Å². The van der Waals surface area contributed by atoms with Crippen molar-refractivity contribution in [2.24, 2.45) is 0 Å². The Kier molecular flexibility index (Phi) is 3.72. The number of alkyl halides is 6. The molecule has 0 heterocycles. The molecule has 0 aromatic heterocycles. The van der Waals surface area contributed by atoms with E-state index in [1.165, 1.54) is 0 Å². The number of rotatable bonds is 1. The van der Waals surface area contributed by atoms with E-state index in [1.54, 1.807) is 0 Å². The molecule has 0 radical (unpaired) electrons. The Hall–Kier alpha value is -2.38. The first-order chi connectivity index (χ1) is 10.00. The Bertz CT molecular complexity index is 707. The standard InChI is InChI=1S/C14H6F6O2/c15-13(16,17)7-1-3-9(11(5-7)14(18,19)20)10-6-8(21)2-4-12(10)22/h1-6H. The molecular weight excluding hydrogens is 314 g/mol. The summed E-state index contributed by atoms with van der Waals surface area (Å²) in [5.74, 6) is -1.60. The van der Waals surface area contributed by atoms with Crippen molar-refractivity contribution in [1.29, 1.82) is 0 Å². The molecule has 2 rings (SSSR count). The molecule has 1 aromatic carbocycles. The van der Waals surface area contributed by atoms with Crippen LogP contribution in [0.5, 0.6) is 0 Å². The van der Waals surface area contributed by atoms with Crippen molar-refractivity contribution in [3.05, 3.63) is 53.1 Å². The predicted molar refractivity (Wildman–Crippen MR) is 63.6 cm³/mol. The second-order valence-electron chi connectivity index (χ2n) is 4.41. The van der Waals surface area contributed by atoms with Gasteiger partial charge in [-0.15, -0.1) is 0 Å². The fourth-order valence-corrected chi connectivity index (χ4v) is 1.91. The minimum Gasteiger partial charge on any atom is -0.290 e. The summed E-state index contributed by atoms with van der Waals surface area (Å²) in [6, 6.07) is 0.898. The number of hydrogen-bond acceptors (Lipinski definition) is 2. The zero-order chi connectivity index (χ0) is 16.7. The van der Waals surface area contributed by atoms with E-state index >= 15 is 0 Å². The second kappa shape index (κ2) is 5.11. The summed E-state index contributed by atoms with van der Waals surface area (Å²) in [5, 5.41) is 0. The number of hydrogen-bond donors (Lipinski definition) is 0. The summed E-state index contributed by atoms with van der Waals surface area (Å²) in [6.45, 7) is 0. The van der Waals surface area contributed by atoms with E-state index < -0.39 is 46.2 Å². The molecule has 116 valence electrons. The van der Waals surface area contributed by atoms with E-state index in [4.69, 9.17) is 0 Å². The van der Waals surface area contributed by atoms with Gasteiger partial charge in [-0.2, -0.15) is 26.3 Å². The second-order valence-corrected chi connectivity index (χ2v) is 4.41. The Morgan fingerprint density at radius 1 is 0.818 bits per heavy atom. The smallest absolute Gasteiger partial charge is 0.290 e. The molecule has 0 unspecified atom stereocenters. The van der Waals surface area contributed by atoms with Gasteiger partial charge in [0.05, 0.1) is 11.1 Å². The molecule has 0 aliphatic heterocycles. The van der Waals surface area contributed by atoms with Crippen LogP contribution in [0.3, 0.4) is 0 Å². The van der Waals surface area contributed by atoms with E-state index in [-0.39, 0.29) is 6.07 Å². The van der Waals surface area contributed by atoms with Gasteiger partial charge < -0.3 is 0 Å². The largest absolute Gasteiger partial charge is 0.417 e. The Morgan fingerprint density at radius 2 is 1.45 bits per heavy atom. The van der Waals surface area contributed by atoms with Gasteiger partial charge in [-0.3, -0.25) is 9.59 Å². The minimum atomic E-state index is -5.11. The van der Waals surface area contributed by atoms with Gasteiger partial charge in [0.2, 0.25) is 0 Å². The molecule has 0 saturated carbocycles. The lowest BCUT2D eigenvalue weighted by molar-refractivity contribution is -0.143. The Labute approximate surface area is 119 Å². The minimum absolute atomic E-state index is 0.0771. The molecule has 0 atom stereocenters. The zero-order valence-corrected chi connectivity index (χ0v) is 10.5. The Morgan fingerprint density at radius 3 is 2.00 bits per heavy atom. The molecule has 0 N–H and O–H groups in total. The van der Waals surface area contributed by atoms with Crippen LogP contribution in [0.1, 0.15) is 16.7 Å². The first-order valence-corrected chi connectivity index (χ1v) is 5.77. The van der Waals surface area contributed by atoms with Gasteiger partial charge in [0, 0.05) is 5.57 Å². The third-order valence-corrected chi connectivity index (χ3v) is 2.89. The van der Waals surface area contributed by atoms with Crippen LogP contribution in [-0.2, 0) is 21.9 Å². The summed E-state index contributed by atoms with van der Waals surface area (Å²) < 4.78 is 76.6. The van der Waals surface area contributed by atoms with Crippen molar-refractivity contribution in [2.45, 2.75) is 12.4 Å². The third kappa shape index (κ3) is 3.10. The molecule has 8 heteroatoms. The van der Waals surface area contributed by atoms with E-state index in [0.717, 1.165) is 12.2 Å². The molecule has 2 nitrogen and oxygen atoms in total. The maximum Gasteiger partial charge on any atom is 0.417 e. The van der Waals surface area contributed by atoms with Crippen molar-refractivity contribution in [3.8, 4) is 0 Å². The molecule has 0 bridgehead atoms. The van der Waals surface area contributed by atoms with Crippen LogP contribution < -0.4 is 0 Å². The van der Waals surface area contributed by atoms with Crippen molar-refractivity contribution in [1.82, 2.24) is 0 Å². The summed E-state index contributed by atoms with van der Waals surface area (Å²) >= 11 is 0. The van der Waals surface area contributed by atoms with Crippen molar-refractivity contribution < 1.29 is 35.9 Å². The van der Waals surface area contributed by atoms with E-state index in [0.29, 0.717) is 18.2 Å². The van der Waals surface area contributed by atoms with Crippen LogP contribution in [0.25, 0.3) is 5.57 Å². The lowest BCUT2D eigenvalue weighted by Gasteiger charge is -2.17. The highest BCUT2D eigenvalue weighted by atomic mass is 19.4. The molecule has 0 amide bonds. The number of halogens is 6. The number of ketones is 2. The van der Waals surface area contributed by atoms with Gasteiger partial charge in [-0.25, -0.2) is 0 Å². The van der Waals surface area contributed by atoms with Crippen LogP contribution in [0.15, 0.2) is 36.4 Å². The third-order valence-electron chi connectivity index (χ3n) is 2.89. The molecule has 1 aliphatic carbocycles. The van der Waals surface area contributed by atoms with Crippen molar-refractivity contribution >= 4 is 17.1 Å². The summed E-state index contributed by atoms with van der Waals surface area (Å²) in [5.41, 5.74) is -4.46. The predicted octanol–water partition coefficient (Wildman–Crippen LogP) is 3.82. The summed E-state index contributed by atoms with van der Waals surface area (Å²) in [6.07, 6.45) is -7.76. The maximum absolute atomic E-state index is 13.0. The SMILES string of the molecule is O=C1C=CC(=O)C(c2ccc(C(F)(F)F)cc2C(F)(F)F)=C1. The Balaban J connectivity index is 2.67. The van der Waals surface area contributed by atoms with Crippen molar-refractivity contribution in [3.63, 3.8) is 0 Å². The van der Waals surface area contributed by atoms with Crippen molar-refractivity contribution in [2.75, 3.05) is 0 Å². The fraction of sp³-hybridized carbons (Fsp3) is 0.143. The highest BCUT2D eigenvalue weighted by Crippen LogP contribution is 2.39. The lowest BCUT2D eigenvalue weighted by Crippen LogP contribution is -2.16. The highest BCUT2D eigenvalue weighted by Gasteiger charge is 2.39. The highest BCUT2D eigenvalue weighted by molar-refractivity contribution is 6.34. The number of allylic oxidation sites excluding steroid dienone is 4. The number of carbonyl (C=O) groups excluding carboxylic acids is 2. The average molecular weight is 320 g/mol. The normalized spacial score (nSPS) is 16.0. The topological polar surface area (TPSA) is 34.1 Å². The van der Waals surface area contributed by atoms with Gasteiger partial charge in [0.1, 0.15) is 0 Å². The van der Waals surface area contributed by atoms with Gasteiger partial charge in [0.15, 0.2) is 11.6 Å². The van der Waals surface area contributed by atoms with E-state index in [9.17, 15) is 35.9 Å². The van der Waals surface area contributed by atoms with Gasteiger partial charge >= 0.3 is 12.4 Å². The number of carbonyl (C=O) groups is 2. The quantitative estimate of drug-likeness (QED) is 0.582. The zero-order valence-electron chi connectivity index (χ0n) is 10.5. The monoisotopic (exact) mass is 320 g/mol. The van der Waals surface area contributed by atoms with E-state index in [2.05, 4.69) is 0 Å². The van der Waals surface area contributed by atoms with Gasteiger partial charge in [-0.05, 0) is 35.9 Å². The van der Waals surface area contributed by atoms with Crippen LogP contribution in [0.2, 0.25) is 0 Å². The van der Waals surface area contributed by atoms with Crippen LogP contribution in [-0.4, -0.2) is 11.6 Å². The molecule has 22 heavy (non-hydrogen) atoms. The van der Waals surface area contributed by atoms with Crippen LogP contribution in [0, 0.1) is 0 Å². The fourth-order valence-electron chi connectivity index (χ4n) is 1.91. The van der Waals surface area contributed by atoms with Crippen LogP contribution >= 0.6 is 0 Å². The molecule has 1 aliphatic rings. The molecule has 0 fully saturated rings. The molecule has 1 aromatic rings. The molecular formula is C14H6F6O2. The maximum atomic E-state index is 13.0. The summed E-state index contributed by atoms with van der Waals surface area (Å²) in [7, 11) is 0. The summed E-state index contributed by atoms with van der Waals surface area (Å²) in [4.78, 5) is 22.8. The average Bonchev–Trinajstić information content (AvgIpc) is 2.39. The first-order valence-electron chi connectivity index (χ1n) is 5.77. The van der Waals surface area contributed by atoms with Crippen LogP contribution in [0.4, 0.5) is 26.3 Å².